The van der Waals surface area contributed by atoms with Gasteiger partial charge in [0, 0.05) is 48.4 Å². The topological polar surface area (TPSA) is 85.5 Å². The van der Waals surface area contributed by atoms with E-state index in [2.05, 4.69) is 33.1 Å². The molecule has 7 nitrogen and oxygen atoms in total. The van der Waals surface area contributed by atoms with Gasteiger partial charge in [0.25, 0.3) is 11.8 Å². The molecule has 2 aliphatic heterocycles. The number of carbonyl (C=O) groups excluding carboxylic acids is 2. The number of hydrogen-bond acceptors (Lipinski definition) is 5. The molecular formula is C31H42Cl2FN5O2. The summed E-state index contributed by atoms with van der Waals surface area (Å²) in [7, 11) is 0. The number of carbonyl (C=O) groups is 2. The minimum absolute atomic E-state index is 0.000764. The summed E-state index contributed by atoms with van der Waals surface area (Å²) in [6.07, 6.45) is 8.32. The molecule has 224 valence electrons. The van der Waals surface area contributed by atoms with Crippen molar-refractivity contribution in [2.45, 2.75) is 69.9 Å². The van der Waals surface area contributed by atoms with Crippen LogP contribution in [0, 0.1) is 5.82 Å². The molecule has 4 fully saturated rings. The van der Waals surface area contributed by atoms with E-state index in [0.717, 1.165) is 57.5 Å². The average Bonchev–Trinajstić information content (AvgIpc) is 3.90. The van der Waals surface area contributed by atoms with Crippen LogP contribution in [0.4, 0.5) is 10.1 Å². The molecule has 2 aliphatic carbocycles. The van der Waals surface area contributed by atoms with Crippen LogP contribution < -0.4 is 26.2 Å². The van der Waals surface area contributed by atoms with Crippen LogP contribution in [0.15, 0.2) is 36.4 Å². The fraction of sp³-hybridized carbons (Fsp3) is 0.548. The van der Waals surface area contributed by atoms with Gasteiger partial charge >= 0.3 is 0 Å². The highest BCUT2D eigenvalue weighted by Gasteiger charge is 2.39. The molecule has 2 aromatic rings. The molecule has 6 rings (SSSR count). The van der Waals surface area contributed by atoms with Gasteiger partial charge in [-0.05, 0) is 102 Å². The lowest BCUT2D eigenvalue weighted by atomic mass is 10.1. The van der Waals surface area contributed by atoms with Crippen LogP contribution >= 0.6 is 23.2 Å². The Hall–Kier alpha value is -2.39. The molecule has 41 heavy (non-hydrogen) atoms. The molecule has 0 unspecified atom stereocenters. The Morgan fingerprint density at radius 2 is 1.24 bits per heavy atom. The maximum atomic E-state index is 12.8. The number of hydrogen-bond donors (Lipinski definition) is 4. The van der Waals surface area contributed by atoms with Crippen LogP contribution in [-0.2, 0) is 0 Å². The summed E-state index contributed by atoms with van der Waals surface area (Å²) < 4.78 is 12.8. The van der Waals surface area contributed by atoms with Crippen molar-refractivity contribution in [3.63, 3.8) is 0 Å². The summed E-state index contributed by atoms with van der Waals surface area (Å²) in [5.74, 6) is -0.735. The standard InChI is InChI=1S/C15H20ClN3O.C11H11ClFNO.C5H11N/c1-15(4-5-15)18-14(20)11-2-3-13(12(16)10-11)19-8-6-17-7-9-19;1-11(4-5-11)14-10(15)7-2-3-9(13)8(12)6-7;1-2-4-6-5-3-1/h2-3,10,17H,4-9H2,1H3,(H,18,20);2-3,6H,4-5H2,1H3,(H,14,15);6H,1-5H2. The van der Waals surface area contributed by atoms with E-state index in [1.165, 1.54) is 50.6 Å². The summed E-state index contributed by atoms with van der Waals surface area (Å²) in [5, 5.41) is 13.2. The molecule has 2 amide bonds. The molecule has 4 aliphatic rings. The van der Waals surface area contributed by atoms with E-state index in [4.69, 9.17) is 23.2 Å². The monoisotopic (exact) mass is 605 g/mol. The minimum atomic E-state index is -0.508. The van der Waals surface area contributed by atoms with E-state index in [9.17, 15) is 14.0 Å². The van der Waals surface area contributed by atoms with E-state index < -0.39 is 5.82 Å². The third kappa shape index (κ3) is 9.84. The van der Waals surface area contributed by atoms with Crippen molar-refractivity contribution in [3.05, 3.63) is 63.4 Å². The summed E-state index contributed by atoms with van der Waals surface area (Å²) in [5.41, 5.74) is 1.98. The first-order chi connectivity index (χ1) is 19.6. The van der Waals surface area contributed by atoms with Crippen LogP contribution in [0.5, 0.6) is 0 Å². The molecule has 0 bridgehead atoms. The van der Waals surface area contributed by atoms with Gasteiger partial charge in [0.1, 0.15) is 5.82 Å². The third-order valence-electron chi connectivity index (χ3n) is 7.89. The van der Waals surface area contributed by atoms with Crippen molar-refractivity contribution in [3.8, 4) is 0 Å². The van der Waals surface area contributed by atoms with Crippen molar-refractivity contribution in [2.24, 2.45) is 0 Å². The predicted molar refractivity (Wildman–Crippen MR) is 165 cm³/mol. The van der Waals surface area contributed by atoms with Gasteiger partial charge in [-0.2, -0.15) is 0 Å². The molecule has 2 saturated carbocycles. The number of piperidine rings is 1. The maximum absolute atomic E-state index is 12.8. The Kier molecular flexibility index (Phi) is 10.9. The van der Waals surface area contributed by atoms with Crippen molar-refractivity contribution in [1.82, 2.24) is 21.3 Å². The average molecular weight is 607 g/mol. The zero-order chi connectivity index (χ0) is 29.5. The number of piperazine rings is 1. The van der Waals surface area contributed by atoms with Gasteiger partial charge < -0.3 is 26.2 Å². The van der Waals surface area contributed by atoms with Gasteiger partial charge in [-0.3, -0.25) is 9.59 Å². The lowest BCUT2D eigenvalue weighted by Gasteiger charge is -2.30. The van der Waals surface area contributed by atoms with Gasteiger partial charge in [-0.1, -0.05) is 29.6 Å². The number of nitrogens with zero attached hydrogens (tertiary/aromatic N) is 1. The van der Waals surface area contributed by atoms with Gasteiger partial charge in [-0.25, -0.2) is 4.39 Å². The minimum Gasteiger partial charge on any atom is -0.368 e. The molecule has 2 aromatic carbocycles. The number of amides is 2. The Morgan fingerprint density at radius 3 is 1.66 bits per heavy atom. The highest BCUT2D eigenvalue weighted by molar-refractivity contribution is 6.33. The SMILES string of the molecule is C1CCNCC1.CC1(NC(=O)c2ccc(F)c(Cl)c2)CC1.CC1(NC(=O)c2ccc(N3CCNCC3)c(Cl)c2)CC1. The van der Waals surface area contributed by atoms with E-state index in [1.54, 1.807) is 6.07 Å². The third-order valence-corrected chi connectivity index (χ3v) is 8.48. The molecule has 0 spiro atoms. The van der Waals surface area contributed by atoms with Crippen LogP contribution in [-0.4, -0.2) is 62.2 Å². The summed E-state index contributed by atoms with van der Waals surface area (Å²) >= 11 is 11.9. The Labute approximate surface area is 252 Å². The molecular weight excluding hydrogens is 564 g/mol. The van der Waals surface area contributed by atoms with Crippen molar-refractivity contribution in [2.75, 3.05) is 44.2 Å². The van der Waals surface area contributed by atoms with E-state index in [0.29, 0.717) is 16.1 Å². The molecule has 0 atom stereocenters. The molecule has 10 heteroatoms. The number of nitrogens with one attached hydrogen (secondary N) is 4. The lowest BCUT2D eigenvalue weighted by Crippen LogP contribution is -2.43. The maximum Gasteiger partial charge on any atom is 0.251 e. The molecule has 0 aromatic heterocycles. The van der Waals surface area contributed by atoms with Gasteiger partial charge in [-0.15, -0.1) is 0 Å². The summed E-state index contributed by atoms with van der Waals surface area (Å²) in [6.45, 7) is 10.4. The Morgan fingerprint density at radius 1 is 0.756 bits per heavy atom. The fourth-order valence-corrected chi connectivity index (χ4v) is 5.05. The molecule has 0 radical (unpaired) electrons. The number of halogens is 3. The van der Waals surface area contributed by atoms with E-state index in [-0.39, 0.29) is 27.9 Å². The van der Waals surface area contributed by atoms with Crippen LogP contribution in [0.3, 0.4) is 0 Å². The summed E-state index contributed by atoms with van der Waals surface area (Å²) in [4.78, 5) is 26.1. The number of benzene rings is 2. The fourth-order valence-electron chi connectivity index (χ4n) is 4.57. The lowest BCUT2D eigenvalue weighted by molar-refractivity contribution is 0.0926. The predicted octanol–water partition coefficient (Wildman–Crippen LogP) is 5.55. The Bertz CT molecular complexity index is 1200. The van der Waals surface area contributed by atoms with Crippen LogP contribution in [0.2, 0.25) is 10.0 Å². The van der Waals surface area contributed by atoms with Crippen molar-refractivity contribution < 1.29 is 14.0 Å². The van der Waals surface area contributed by atoms with E-state index in [1.807, 2.05) is 19.1 Å². The van der Waals surface area contributed by atoms with E-state index >= 15 is 0 Å². The smallest absolute Gasteiger partial charge is 0.251 e. The zero-order valence-electron chi connectivity index (χ0n) is 24.1. The Balaban J connectivity index is 0.000000161. The van der Waals surface area contributed by atoms with Crippen LogP contribution in [0.25, 0.3) is 0 Å². The van der Waals surface area contributed by atoms with Crippen molar-refractivity contribution in [1.29, 1.82) is 0 Å². The van der Waals surface area contributed by atoms with Gasteiger partial charge in [0.05, 0.1) is 15.7 Å². The first-order valence-electron chi connectivity index (χ1n) is 14.6. The van der Waals surface area contributed by atoms with Gasteiger partial charge in [0.2, 0.25) is 0 Å². The highest BCUT2D eigenvalue weighted by Crippen LogP contribution is 2.35. The van der Waals surface area contributed by atoms with Gasteiger partial charge in [0.15, 0.2) is 0 Å². The second-order valence-electron chi connectivity index (χ2n) is 11.9. The normalized spacial score (nSPS) is 19.9. The van der Waals surface area contributed by atoms with Crippen LogP contribution in [0.1, 0.15) is 79.5 Å². The largest absolute Gasteiger partial charge is 0.368 e. The first-order valence-corrected chi connectivity index (χ1v) is 15.4. The molecule has 4 N–H and O–H groups in total. The number of anilines is 1. The zero-order valence-corrected chi connectivity index (χ0v) is 25.6. The second-order valence-corrected chi connectivity index (χ2v) is 12.7. The number of rotatable bonds is 5. The second kappa shape index (κ2) is 14.2. The first kappa shape index (κ1) is 31.5. The quantitative estimate of drug-likeness (QED) is 0.359. The summed E-state index contributed by atoms with van der Waals surface area (Å²) in [6, 6.07) is 9.58. The highest BCUT2D eigenvalue weighted by atomic mass is 35.5. The van der Waals surface area contributed by atoms with Crippen molar-refractivity contribution >= 4 is 40.7 Å². The molecule has 2 heterocycles. The molecule has 2 saturated heterocycles.